The van der Waals surface area contributed by atoms with Crippen molar-refractivity contribution in [2.75, 3.05) is 31.7 Å². The second-order valence-corrected chi connectivity index (χ2v) is 8.07. The van der Waals surface area contributed by atoms with Crippen LogP contribution in [0.3, 0.4) is 0 Å². The Morgan fingerprint density at radius 1 is 1.21 bits per heavy atom. The van der Waals surface area contributed by atoms with Gasteiger partial charge in [-0.15, -0.1) is 11.3 Å². The van der Waals surface area contributed by atoms with E-state index in [1.165, 1.54) is 16.2 Å². The number of aliphatic hydroxyl groups is 1. The lowest BCUT2D eigenvalue weighted by molar-refractivity contribution is 0.0838. The fraction of sp³-hybridized carbons (Fsp3) is 0.429. The van der Waals surface area contributed by atoms with Crippen molar-refractivity contribution in [1.29, 1.82) is 0 Å². The van der Waals surface area contributed by atoms with Gasteiger partial charge in [-0.05, 0) is 42.9 Å². The molecular weight excluding hydrogens is 376 g/mol. The van der Waals surface area contributed by atoms with Crippen LogP contribution in [0.1, 0.15) is 44.5 Å². The molecule has 0 saturated heterocycles. The first kappa shape index (κ1) is 20.5. The van der Waals surface area contributed by atoms with Crippen LogP contribution in [0.15, 0.2) is 30.3 Å². The Hall–Kier alpha value is -2.22. The summed E-state index contributed by atoms with van der Waals surface area (Å²) in [5, 5.41) is 15.2. The number of hydrogen-bond donors (Lipinski definition) is 3. The van der Waals surface area contributed by atoms with Gasteiger partial charge in [0.15, 0.2) is 0 Å². The minimum atomic E-state index is -0.215. The van der Waals surface area contributed by atoms with Gasteiger partial charge in [0, 0.05) is 17.0 Å². The number of thiophene rings is 1. The van der Waals surface area contributed by atoms with E-state index in [4.69, 9.17) is 9.84 Å². The summed E-state index contributed by atoms with van der Waals surface area (Å²) in [7, 11) is 0. The van der Waals surface area contributed by atoms with Gasteiger partial charge in [0.1, 0.15) is 5.00 Å². The quantitative estimate of drug-likeness (QED) is 0.593. The molecule has 6 nitrogen and oxygen atoms in total. The van der Waals surface area contributed by atoms with Crippen LogP contribution < -0.4 is 10.6 Å². The molecule has 0 unspecified atom stereocenters. The highest BCUT2D eigenvalue weighted by atomic mass is 32.1. The van der Waals surface area contributed by atoms with Gasteiger partial charge in [0.25, 0.3) is 11.8 Å². The third kappa shape index (κ3) is 4.98. The smallest absolute Gasteiger partial charge is 0.256 e. The predicted molar refractivity (Wildman–Crippen MR) is 110 cm³/mol. The molecule has 3 N–H and O–H groups in total. The lowest BCUT2D eigenvalue weighted by Crippen LogP contribution is -2.29. The molecule has 1 aliphatic rings. The van der Waals surface area contributed by atoms with E-state index < -0.39 is 0 Å². The van der Waals surface area contributed by atoms with Crippen molar-refractivity contribution in [2.24, 2.45) is 5.92 Å². The lowest BCUT2D eigenvalue weighted by Gasteiger charge is -2.18. The maximum Gasteiger partial charge on any atom is 0.256 e. The highest BCUT2D eigenvalue weighted by Gasteiger charge is 2.28. The summed E-state index contributed by atoms with van der Waals surface area (Å²) < 4.78 is 5.20. The fourth-order valence-corrected chi connectivity index (χ4v) is 4.74. The van der Waals surface area contributed by atoms with Gasteiger partial charge in [-0.25, -0.2) is 0 Å². The average molecular weight is 403 g/mol. The Bertz CT molecular complexity index is 819. The van der Waals surface area contributed by atoms with Crippen LogP contribution >= 0.6 is 11.3 Å². The number of aliphatic hydroxyl groups excluding tert-OH is 1. The number of carbonyl (C=O) groups is 2. The van der Waals surface area contributed by atoms with Crippen LogP contribution in [-0.2, 0) is 17.6 Å². The molecule has 28 heavy (non-hydrogen) atoms. The number of rotatable bonds is 8. The molecule has 0 saturated carbocycles. The van der Waals surface area contributed by atoms with Crippen molar-refractivity contribution >= 4 is 28.2 Å². The summed E-state index contributed by atoms with van der Waals surface area (Å²) in [6, 6.07) is 9.00. The van der Waals surface area contributed by atoms with Crippen molar-refractivity contribution < 1.29 is 19.4 Å². The summed E-state index contributed by atoms with van der Waals surface area (Å²) >= 11 is 1.51. The fourth-order valence-electron chi connectivity index (χ4n) is 3.34. The van der Waals surface area contributed by atoms with E-state index in [-0.39, 0.29) is 25.0 Å². The first-order valence-corrected chi connectivity index (χ1v) is 10.4. The van der Waals surface area contributed by atoms with Crippen LogP contribution in [0, 0.1) is 5.92 Å². The Kier molecular flexibility index (Phi) is 7.19. The van der Waals surface area contributed by atoms with Gasteiger partial charge < -0.3 is 20.5 Å². The van der Waals surface area contributed by atoms with Crippen LogP contribution in [-0.4, -0.2) is 43.3 Å². The molecule has 1 aromatic heterocycles. The molecule has 0 bridgehead atoms. The standard InChI is InChI=1S/C21H26N2O4S/c1-14-7-8-16-17(13-14)28-21(23-19(25)15-5-3-2-4-6-15)18(16)20(26)22-9-11-27-12-10-24/h2-6,14,24H,7-13H2,1H3,(H,22,26)(H,23,25)/t14-/m1/s1. The predicted octanol–water partition coefficient (Wildman–Crippen LogP) is 2.86. The maximum atomic E-state index is 12.9. The molecule has 2 amide bonds. The molecule has 1 aromatic carbocycles. The van der Waals surface area contributed by atoms with E-state index in [0.717, 1.165) is 24.8 Å². The van der Waals surface area contributed by atoms with Gasteiger partial charge in [0.05, 0.1) is 25.4 Å². The van der Waals surface area contributed by atoms with E-state index in [2.05, 4.69) is 17.6 Å². The number of ether oxygens (including phenoxy) is 1. The molecule has 0 spiro atoms. The summed E-state index contributed by atoms with van der Waals surface area (Å²) in [5.74, 6) is 0.169. The number of amides is 2. The molecular formula is C21H26N2O4S. The number of carbonyl (C=O) groups excluding carboxylic acids is 2. The minimum Gasteiger partial charge on any atom is -0.394 e. The largest absolute Gasteiger partial charge is 0.394 e. The topological polar surface area (TPSA) is 87.7 Å². The van der Waals surface area contributed by atoms with Crippen LogP contribution in [0.5, 0.6) is 0 Å². The van der Waals surface area contributed by atoms with Gasteiger partial charge in [-0.3, -0.25) is 9.59 Å². The van der Waals surface area contributed by atoms with Crippen molar-refractivity contribution in [3.63, 3.8) is 0 Å². The van der Waals surface area contributed by atoms with Crippen molar-refractivity contribution in [3.05, 3.63) is 51.9 Å². The van der Waals surface area contributed by atoms with Gasteiger partial charge in [0.2, 0.25) is 0 Å². The van der Waals surface area contributed by atoms with Crippen molar-refractivity contribution in [1.82, 2.24) is 5.32 Å². The first-order chi connectivity index (χ1) is 13.6. The van der Waals surface area contributed by atoms with E-state index >= 15 is 0 Å². The second-order valence-electron chi connectivity index (χ2n) is 6.97. The SMILES string of the molecule is C[C@@H]1CCc2c(sc(NC(=O)c3ccccc3)c2C(=O)NCCOCCO)C1. The molecule has 2 aromatic rings. The second kappa shape index (κ2) is 9.82. The Morgan fingerprint density at radius 3 is 2.75 bits per heavy atom. The summed E-state index contributed by atoms with van der Waals surface area (Å²) in [6.45, 7) is 3.11. The van der Waals surface area contributed by atoms with Crippen molar-refractivity contribution in [2.45, 2.75) is 26.2 Å². The van der Waals surface area contributed by atoms with Crippen LogP contribution in [0.4, 0.5) is 5.00 Å². The highest BCUT2D eigenvalue weighted by molar-refractivity contribution is 7.17. The molecule has 0 aliphatic heterocycles. The Balaban J connectivity index is 1.78. The monoisotopic (exact) mass is 402 g/mol. The summed E-state index contributed by atoms with van der Waals surface area (Å²) in [5.41, 5.74) is 2.20. The van der Waals surface area contributed by atoms with Crippen LogP contribution in [0.2, 0.25) is 0 Å². The van der Waals surface area contributed by atoms with Crippen molar-refractivity contribution in [3.8, 4) is 0 Å². The number of nitrogens with one attached hydrogen (secondary N) is 2. The van der Waals surface area contributed by atoms with E-state index in [1.54, 1.807) is 12.1 Å². The highest BCUT2D eigenvalue weighted by Crippen LogP contribution is 2.39. The average Bonchev–Trinajstić information content (AvgIpc) is 3.05. The third-order valence-electron chi connectivity index (χ3n) is 4.77. The summed E-state index contributed by atoms with van der Waals surface area (Å²) in [6.07, 6.45) is 2.81. The number of benzene rings is 1. The number of anilines is 1. The van der Waals surface area contributed by atoms with Gasteiger partial charge in [-0.1, -0.05) is 25.1 Å². The minimum absolute atomic E-state index is 0.0418. The normalized spacial score (nSPS) is 15.7. The molecule has 7 heteroatoms. The lowest BCUT2D eigenvalue weighted by atomic mass is 9.88. The molecule has 0 fully saturated rings. The van der Waals surface area contributed by atoms with E-state index in [9.17, 15) is 9.59 Å². The molecule has 150 valence electrons. The third-order valence-corrected chi connectivity index (χ3v) is 5.94. The van der Waals surface area contributed by atoms with Gasteiger partial charge >= 0.3 is 0 Å². The number of hydrogen-bond acceptors (Lipinski definition) is 5. The zero-order valence-corrected chi connectivity index (χ0v) is 16.8. The van der Waals surface area contributed by atoms with E-state index in [0.29, 0.717) is 35.2 Å². The Labute approximate surface area is 168 Å². The first-order valence-electron chi connectivity index (χ1n) is 9.58. The van der Waals surface area contributed by atoms with Gasteiger partial charge in [-0.2, -0.15) is 0 Å². The molecule has 1 heterocycles. The molecule has 1 atom stereocenters. The van der Waals surface area contributed by atoms with Crippen LogP contribution in [0.25, 0.3) is 0 Å². The Morgan fingerprint density at radius 2 is 2.00 bits per heavy atom. The zero-order chi connectivity index (χ0) is 19.9. The number of fused-ring (bicyclic) bond motifs is 1. The summed E-state index contributed by atoms with van der Waals surface area (Å²) in [4.78, 5) is 26.7. The molecule has 3 rings (SSSR count). The molecule has 0 radical (unpaired) electrons. The van der Waals surface area contributed by atoms with E-state index in [1.807, 2.05) is 18.2 Å². The molecule has 1 aliphatic carbocycles. The maximum absolute atomic E-state index is 12.9. The zero-order valence-electron chi connectivity index (χ0n) is 16.0.